The summed E-state index contributed by atoms with van der Waals surface area (Å²) in [6, 6.07) is 0. The summed E-state index contributed by atoms with van der Waals surface area (Å²) < 4.78 is 68.4. The van der Waals surface area contributed by atoms with E-state index in [0.29, 0.717) is 37.5 Å². The summed E-state index contributed by atoms with van der Waals surface area (Å²) in [6.07, 6.45) is 55.1. The van der Waals surface area contributed by atoms with Crippen molar-refractivity contribution in [3.63, 3.8) is 0 Å². The molecule has 0 fully saturated rings. The van der Waals surface area contributed by atoms with Crippen LogP contribution in [0.3, 0.4) is 0 Å². The lowest BCUT2D eigenvalue weighted by Gasteiger charge is -2.21. The number of hydrogen-bond donors (Lipinski definition) is 3. The first-order chi connectivity index (χ1) is 45.7. The zero-order valence-electron chi connectivity index (χ0n) is 61.6. The SMILES string of the molecule is CCCCCC/C=C\C=C/CCCCCCCC(=O)OC[C@H](COP(=O)(O)OCC(O)COP(=O)(O)OC[C@@H](COC(=O)CCCCCCCCCC(C)C)OC(=O)CCCCCCCCCCCCCCCCCCC(C)C)OC(=O)CCCCCCCCCCC(C)C. The summed E-state index contributed by atoms with van der Waals surface area (Å²) in [4.78, 5) is 72.7. The quantitative estimate of drug-likeness (QED) is 0.0169. The second-order valence-electron chi connectivity index (χ2n) is 28.1. The Hall–Kier alpha value is -2.46. The summed E-state index contributed by atoms with van der Waals surface area (Å²) in [6.45, 7) is 11.8. The molecule has 0 aromatic heterocycles. The molecule has 0 aliphatic heterocycles. The molecule has 17 nitrogen and oxygen atoms in total. The number of phosphoric ester groups is 2. The number of allylic oxidation sites excluding steroid dienone is 4. The van der Waals surface area contributed by atoms with E-state index in [1.165, 1.54) is 148 Å². The van der Waals surface area contributed by atoms with Crippen LogP contribution in [0.15, 0.2) is 24.3 Å². The van der Waals surface area contributed by atoms with Crippen molar-refractivity contribution in [1.29, 1.82) is 0 Å². The average Bonchev–Trinajstić information content (AvgIpc) is 1.48. The largest absolute Gasteiger partial charge is 0.472 e. The Morgan fingerprint density at radius 2 is 0.568 bits per heavy atom. The molecule has 19 heteroatoms. The topological polar surface area (TPSA) is 237 Å². The van der Waals surface area contributed by atoms with Crippen LogP contribution in [0.5, 0.6) is 0 Å². The van der Waals surface area contributed by atoms with E-state index >= 15 is 0 Å². The van der Waals surface area contributed by atoms with Gasteiger partial charge in [-0.2, -0.15) is 0 Å². The number of rotatable bonds is 72. The Kier molecular flexibility index (Phi) is 64.4. The molecule has 0 aromatic carbocycles. The molecule has 0 amide bonds. The molecule has 0 aliphatic rings. The molecule has 0 aliphatic carbocycles. The number of carbonyl (C=O) groups excluding carboxylic acids is 4. The Labute approximate surface area is 580 Å². The molecule has 0 saturated carbocycles. The molecule has 0 spiro atoms. The molecule has 0 rings (SSSR count). The summed E-state index contributed by atoms with van der Waals surface area (Å²) in [5.74, 6) is 0.0749. The van der Waals surface area contributed by atoms with Crippen LogP contribution in [0.25, 0.3) is 0 Å². The fourth-order valence-electron chi connectivity index (χ4n) is 11.1. The minimum atomic E-state index is -4.96. The fourth-order valence-corrected chi connectivity index (χ4v) is 12.6. The van der Waals surface area contributed by atoms with Crippen molar-refractivity contribution in [3.8, 4) is 0 Å². The van der Waals surface area contributed by atoms with Gasteiger partial charge < -0.3 is 33.8 Å². The highest BCUT2D eigenvalue weighted by molar-refractivity contribution is 7.47. The van der Waals surface area contributed by atoms with Crippen molar-refractivity contribution in [2.45, 2.75) is 381 Å². The van der Waals surface area contributed by atoms with E-state index in [1.54, 1.807) is 0 Å². The molecule has 0 radical (unpaired) electrons. The van der Waals surface area contributed by atoms with Gasteiger partial charge in [-0.3, -0.25) is 37.3 Å². The number of aliphatic hydroxyl groups excluding tert-OH is 1. The van der Waals surface area contributed by atoms with E-state index in [1.807, 2.05) is 0 Å². The van der Waals surface area contributed by atoms with Gasteiger partial charge in [-0.25, -0.2) is 9.13 Å². The van der Waals surface area contributed by atoms with Gasteiger partial charge in [-0.15, -0.1) is 0 Å². The molecule has 95 heavy (non-hydrogen) atoms. The lowest BCUT2D eigenvalue weighted by molar-refractivity contribution is -0.161. The highest BCUT2D eigenvalue weighted by Crippen LogP contribution is 2.45. The minimum absolute atomic E-state index is 0.0973. The molecule has 0 heterocycles. The van der Waals surface area contributed by atoms with Gasteiger partial charge in [-0.05, 0) is 69.1 Å². The first kappa shape index (κ1) is 92.5. The maximum Gasteiger partial charge on any atom is 0.472 e. The fraction of sp³-hybridized carbons (Fsp3) is 0.895. The first-order valence-electron chi connectivity index (χ1n) is 38.7. The lowest BCUT2D eigenvalue weighted by atomic mass is 10.0. The third-order valence-electron chi connectivity index (χ3n) is 17.0. The summed E-state index contributed by atoms with van der Waals surface area (Å²) in [5.41, 5.74) is 0. The molecule has 0 saturated heterocycles. The van der Waals surface area contributed by atoms with Crippen LogP contribution in [0.2, 0.25) is 0 Å². The third kappa shape index (κ3) is 69.8. The lowest BCUT2D eigenvalue weighted by Crippen LogP contribution is -2.30. The van der Waals surface area contributed by atoms with Crippen molar-refractivity contribution in [3.05, 3.63) is 24.3 Å². The van der Waals surface area contributed by atoms with Crippen molar-refractivity contribution >= 4 is 39.5 Å². The van der Waals surface area contributed by atoms with Crippen LogP contribution in [0.1, 0.15) is 363 Å². The van der Waals surface area contributed by atoms with Gasteiger partial charge in [0.1, 0.15) is 19.3 Å². The monoisotopic (exact) mass is 1390 g/mol. The Morgan fingerprint density at radius 1 is 0.326 bits per heavy atom. The zero-order valence-corrected chi connectivity index (χ0v) is 63.4. The van der Waals surface area contributed by atoms with Gasteiger partial charge in [0.15, 0.2) is 12.2 Å². The number of aliphatic hydroxyl groups is 1. The number of carbonyl (C=O) groups is 4. The highest BCUT2D eigenvalue weighted by Gasteiger charge is 2.30. The predicted molar refractivity (Wildman–Crippen MR) is 386 cm³/mol. The van der Waals surface area contributed by atoms with Crippen molar-refractivity contribution in [2.75, 3.05) is 39.6 Å². The molecule has 5 atom stereocenters. The van der Waals surface area contributed by atoms with Crippen LogP contribution in [0, 0.1) is 17.8 Å². The smallest absolute Gasteiger partial charge is 0.462 e. The Balaban J connectivity index is 5.23. The van der Waals surface area contributed by atoms with Crippen molar-refractivity contribution in [1.82, 2.24) is 0 Å². The van der Waals surface area contributed by atoms with E-state index in [0.717, 1.165) is 121 Å². The van der Waals surface area contributed by atoms with E-state index in [9.17, 15) is 43.2 Å². The van der Waals surface area contributed by atoms with Crippen LogP contribution in [0.4, 0.5) is 0 Å². The van der Waals surface area contributed by atoms with Gasteiger partial charge >= 0.3 is 39.5 Å². The maximum atomic E-state index is 13.1. The average molecular weight is 1390 g/mol. The predicted octanol–water partition coefficient (Wildman–Crippen LogP) is 21.7. The van der Waals surface area contributed by atoms with Crippen molar-refractivity contribution in [2.24, 2.45) is 17.8 Å². The van der Waals surface area contributed by atoms with Gasteiger partial charge in [0.2, 0.25) is 0 Å². The molecule has 560 valence electrons. The summed E-state index contributed by atoms with van der Waals surface area (Å²) in [7, 11) is -9.92. The van der Waals surface area contributed by atoms with Crippen molar-refractivity contribution < 1.29 is 80.2 Å². The standard InChI is InChI=1S/C76H144O17P2/c1-8-9-10-11-12-13-14-15-18-22-25-28-36-43-50-57-73(78)86-63-71(93-76(81)60-53-46-38-31-30-34-41-48-55-68(4)5)65-90-94(82,83)88-61-70(77)62-89-95(84,85)91-66-72(64-87-74(79)58-51-44-39-32-35-42-49-56-69(6)7)92-75(80)59-52-45-37-29-26-23-20-17-16-19-21-24-27-33-40-47-54-67(2)3/h13-15,18,67-72,77H,8-12,16-17,19-66H2,1-7H3,(H,82,83)(H,84,85)/b14-13-,18-15-/t70?,71-,72-/m1/s1. The molecular formula is C76H144O17P2. The van der Waals surface area contributed by atoms with Gasteiger partial charge in [0.25, 0.3) is 0 Å². The molecule has 0 aromatic rings. The van der Waals surface area contributed by atoms with Crippen LogP contribution in [-0.2, 0) is 65.4 Å². The first-order valence-corrected chi connectivity index (χ1v) is 41.7. The normalized spacial score (nSPS) is 14.2. The molecule has 3 N–H and O–H groups in total. The van der Waals surface area contributed by atoms with Crippen LogP contribution >= 0.6 is 15.6 Å². The van der Waals surface area contributed by atoms with Gasteiger partial charge in [-0.1, -0.05) is 310 Å². The molecular weight excluding hydrogens is 1250 g/mol. The highest BCUT2D eigenvalue weighted by atomic mass is 31.2. The summed E-state index contributed by atoms with van der Waals surface area (Å²) in [5, 5.41) is 10.6. The second kappa shape index (κ2) is 66.1. The zero-order chi connectivity index (χ0) is 70.1. The Morgan fingerprint density at radius 3 is 0.853 bits per heavy atom. The number of esters is 4. The number of phosphoric acid groups is 2. The third-order valence-corrected chi connectivity index (χ3v) is 18.9. The minimum Gasteiger partial charge on any atom is -0.462 e. The maximum absolute atomic E-state index is 13.1. The van der Waals surface area contributed by atoms with E-state index in [4.69, 9.17) is 37.0 Å². The summed E-state index contributed by atoms with van der Waals surface area (Å²) >= 11 is 0. The van der Waals surface area contributed by atoms with E-state index in [2.05, 4.69) is 72.8 Å². The number of hydrogen-bond acceptors (Lipinski definition) is 15. The Bertz CT molecular complexity index is 1950. The van der Waals surface area contributed by atoms with E-state index in [-0.39, 0.29) is 25.7 Å². The number of unbranched alkanes of at least 4 members (excludes halogenated alkanes) is 37. The molecule has 0 bridgehead atoms. The van der Waals surface area contributed by atoms with Crippen LogP contribution in [-0.4, -0.2) is 96.7 Å². The van der Waals surface area contributed by atoms with E-state index < -0.39 is 97.5 Å². The van der Waals surface area contributed by atoms with Crippen LogP contribution < -0.4 is 0 Å². The second-order valence-corrected chi connectivity index (χ2v) is 31.0. The van der Waals surface area contributed by atoms with Gasteiger partial charge in [0.05, 0.1) is 26.4 Å². The number of ether oxygens (including phenoxy) is 4. The van der Waals surface area contributed by atoms with Gasteiger partial charge in [0, 0.05) is 25.7 Å². The molecule has 3 unspecified atom stereocenters.